The molecule has 0 saturated carbocycles. The number of nitrogens with two attached hydrogens (primary N) is 1. The second-order valence-electron chi connectivity index (χ2n) is 3.95. The van der Waals surface area contributed by atoms with Gasteiger partial charge in [-0.05, 0) is 22.4 Å². The zero-order valence-electron chi connectivity index (χ0n) is 9.19. The Kier molecular flexibility index (Phi) is 3.60. The van der Waals surface area contributed by atoms with E-state index in [0.29, 0.717) is 11.7 Å². The molecule has 1 atom stereocenters. The van der Waals surface area contributed by atoms with Crippen molar-refractivity contribution in [3.63, 3.8) is 0 Å². The van der Waals surface area contributed by atoms with Crippen LogP contribution in [0.4, 0.5) is 11.6 Å². The fourth-order valence-corrected chi connectivity index (χ4v) is 2.45. The molecule has 0 aliphatic carbocycles. The summed E-state index contributed by atoms with van der Waals surface area (Å²) in [5, 5.41) is 0. The van der Waals surface area contributed by atoms with E-state index in [1.54, 1.807) is 7.11 Å². The van der Waals surface area contributed by atoms with E-state index < -0.39 is 0 Å². The molecule has 1 saturated heterocycles. The molecule has 1 aromatic heterocycles. The molecule has 1 fully saturated rings. The first-order chi connectivity index (χ1) is 7.72. The van der Waals surface area contributed by atoms with Crippen LogP contribution in [0, 0.1) is 5.92 Å². The van der Waals surface area contributed by atoms with Crippen LogP contribution in [0.5, 0.6) is 0 Å². The van der Waals surface area contributed by atoms with Crippen LogP contribution in [0.2, 0.25) is 0 Å². The van der Waals surface area contributed by atoms with E-state index in [1.807, 2.05) is 0 Å². The second-order valence-corrected chi connectivity index (χ2v) is 4.75. The molecule has 6 heteroatoms. The summed E-state index contributed by atoms with van der Waals surface area (Å²) >= 11 is 3.43. The van der Waals surface area contributed by atoms with Gasteiger partial charge >= 0.3 is 0 Å². The summed E-state index contributed by atoms with van der Waals surface area (Å²) in [5.74, 6) is 1.94. The van der Waals surface area contributed by atoms with Crippen LogP contribution in [0.15, 0.2) is 10.8 Å². The Hall–Kier alpha value is -0.880. The van der Waals surface area contributed by atoms with Crippen LogP contribution in [0.3, 0.4) is 0 Å². The Morgan fingerprint density at radius 1 is 1.62 bits per heavy atom. The Labute approximate surface area is 103 Å². The molecule has 2 heterocycles. The molecule has 0 amide bonds. The molecule has 2 rings (SSSR count). The molecule has 1 aliphatic rings. The first-order valence-corrected chi connectivity index (χ1v) is 6.01. The topological polar surface area (TPSA) is 64.3 Å². The average molecular weight is 287 g/mol. The minimum absolute atomic E-state index is 0.486. The van der Waals surface area contributed by atoms with E-state index in [4.69, 9.17) is 10.5 Å². The van der Waals surface area contributed by atoms with E-state index in [-0.39, 0.29) is 0 Å². The number of halogens is 1. The van der Waals surface area contributed by atoms with Crippen LogP contribution < -0.4 is 10.6 Å². The van der Waals surface area contributed by atoms with Crippen LogP contribution in [-0.4, -0.2) is 36.8 Å². The van der Waals surface area contributed by atoms with Crippen LogP contribution in [-0.2, 0) is 4.74 Å². The van der Waals surface area contributed by atoms with Crippen molar-refractivity contribution in [1.82, 2.24) is 9.97 Å². The lowest BCUT2D eigenvalue weighted by Gasteiger charge is -2.18. The molecule has 0 spiro atoms. The van der Waals surface area contributed by atoms with Crippen molar-refractivity contribution in [1.29, 1.82) is 0 Å². The minimum atomic E-state index is 0.486. The third-order valence-corrected chi connectivity index (χ3v) is 3.55. The van der Waals surface area contributed by atoms with Crippen LogP contribution in [0.1, 0.15) is 6.42 Å². The summed E-state index contributed by atoms with van der Waals surface area (Å²) in [6.07, 6.45) is 2.63. The smallest absolute Gasteiger partial charge is 0.148 e. The summed E-state index contributed by atoms with van der Waals surface area (Å²) in [6.45, 7) is 2.75. The van der Waals surface area contributed by atoms with Gasteiger partial charge in [0.1, 0.15) is 22.4 Å². The maximum absolute atomic E-state index is 5.73. The molecule has 0 aromatic carbocycles. The van der Waals surface area contributed by atoms with Crippen molar-refractivity contribution >= 4 is 27.6 Å². The van der Waals surface area contributed by atoms with Crippen LogP contribution in [0.25, 0.3) is 0 Å². The molecule has 0 bridgehead atoms. The first-order valence-electron chi connectivity index (χ1n) is 5.22. The number of nitrogen functional groups attached to an aromatic ring is 1. The second kappa shape index (κ2) is 4.97. The number of hydrogen-bond acceptors (Lipinski definition) is 5. The predicted molar refractivity (Wildman–Crippen MR) is 66.3 cm³/mol. The highest BCUT2D eigenvalue weighted by atomic mass is 79.9. The molecular formula is C10H15BrN4O. The zero-order chi connectivity index (χ0) is 11.5. The van der Waals surface area contributed by atoms with Gasteiger partial charge in [-0.2, -0.15) is 0 Å². The van der Waals surface area contributed by atoms with E-state index in [0.717, 1.165) is 36.4 Å². The van der Waals surface area contributed by atoms with Gasteiger partial charge in [-0.15, -0.1) is 0 Å². The summed E-state index contributed by atoms with van der Waals surface area (Å²) in [6, 6.07) is 0. The lowest BCUT2D eigenvalue weighted by atomic mass is 10.1. The molecule has 5 nitrogen and oxygen atoms in total. The van der Waals surface area contributed by atoms with Gasteiger partial charge in [0.2, 0.25) is 0 Å². The predicted octanol–water partition coefficient (Wildman–Crippen LogP) is 1.29. The number of nitrogens with zero attached hydrogens (tertiary/aromatic N) is 3. The quantitative estimate of drug-likeness (QED) is 0.907. The molecular weight excluding hydrogens is 272 g/mol. The monoisotopic (exact) mass is 286 g/mol. The molecule has 1 unspecified atom stereocenters. The van der Waals surface area contributed by atoms with Gasteiger partial charge in [0.15, 0.2) is 0 Å². The third kappa shape index (κ3) is 2.27. The van der Waals surface area contributed by atoms with E-state index in [2.05, 4.69) is 30.8 Å². The van der Waals surface area contributed by atoms with Crippen molar-refractivity contribution in [2.45, 2.75) is 6.42 Å². The van der Waals surface area contributed by atoms with Gasteiger partial charge in [0, 0.05) is 26.1 Å². The molecule has 88 valence electrons. The Morgan fingerprint density at radius 2 is 2.44 bits per heavy atom. The van der Waals surface area contributed by atoms with Gasteiger partial charge in [-0.1, -0.05) is 0 Å². The van der Waals surface area contributed by atoms with Gasteiger partial charge < -0.3 is 15.4 Å². The normalized spacial score (nSPS) is 20.4. The number of ether oxygens (including phenoxy) is 1. The Bertz CT molecular complexity index is 374. The number of rotatable bonds is 3. The highest BCUT2D eigenvalue weighted by Gasteiger charge is 2.25. The molecule has 0 radical (unpaired) electrons. The Morgan fingerprint density at radius 3 is 3.19 bits per heavy atom. The van der Waals surface area contributed by atoms with Gasteiger partial charge in [-0.3, -0.25) is 0 Å². The number of anilines is 2. The SMILES string of the molecule is COCC1CCN(c2ncnc(N)c2Br)C1. The molecule has 1 aromatic rings. The van der Waals surface area contributed by atoms with Crippen molar-refractivity contribution in [3.05, 3.63) is 10.8 Å². The van der Waals surface area contributed by atoms with Crippen molar-refractivity contribution in [2.75, 3.05) is 37.4 Å². The maximum Gasteiger partial charge on any atom is 0.148 e. The van der Waals surface area contributed by atoms with E-state index in [9.17, 15) is 0 Å². The molecule has 2 N–H and O–H groups in total. The number of methoxy groups -OCH3 is 1. The maximum atomic E-state index is 5.73. The largest absolute Gasteiger partial charge is 0.384 e. The van der Waals surface area contributed by atoms with E-state index >= 15 is 0 Å². The van der Waals surface area contributed by atoms with Gasteiger partial charge in [0.25, 0.3) is 0 Å². The Balaban J connectivity index is 2.11. The fraction of sp³-hybridized carbons (Fsp3) is 0.600. The standard InChI is InChI=1S/C10H15BrN4O/c1-16-5-7-2-3-15(4-7)10-8(11)9(12)13-6-14-10/h6-7H,2-5H2,1H3,(H2,12,13,14). The lowest BCUT2D eigenvalue weighted by molar-refractivity contribution is 0.161. The summed E-state index contributed by atoms with van der Waals surface area (Å²) in [4.78, 5) is 10.4. The van der Waals surface area contributed by atoms with Crippen molar-refractivity contribution < 1.29 is 4.74 Å². The fourth-order valence-electron chi connectivity index (χ4n) is 1.99. The molecule has 16 heavy (non-hydrogen) atoms. The molecule has 1 aliphatic heterocycles. The number of hydrogen-bond donors (Lipinski definition) is 1. The first kappa shape index (κ1) is 11.6. The number of aromatic nitrogens is 2. The van der Waals surface area contributed by atoms with E-state index in [1.165, 1.54) is 6.33 Å². The zero-order valence-corrected chi connectivity index (χ0v) is 10.8. The lowest BCUT2D eigenvalue weighted by Crippen LogP contribution is -2.22. The minimum Gasteiger partial charge on any atom is -0.384 e. The van der Waals surface area contributed by atoms with Gasteiger partial charge in [-0.25, -0.2) is 9.97 Å². The summed E-state index contributed by atoms with van der Waals surface area (Å²) < 4.78 is 5.95. The van der Waals surface area contributed by atoms with Crippen LogP contribution >= 0.6 is 15.9 Å². The summed E-state index contributed by atoms with van der Waals surface area (Å²) in [5.41, 5.74) is 5.73. The summed E-state index contributed by atoms with van der Waals surface area (Å²) in [7, 11) is 1.74. The van der Waals surface area contributed by atoms with Crippen molar-refractivity contribution in [2.24, 2.45) is 5.92 Å². The van der Waals surface area contributed by atoms with Crippen molar-refractivity contribution in [3.8, 4) is 0 Å². The average Bonchev–Trinajstić information content (AvgIpc) is 2.71. The highest BCUT2D eigenvalue weighted by Crippen LogP contribution is 2.31. The highest BCUT2D eigenvalue weighted by molar-refractivity contribution is 9.10. The van der Waals surface area contributed by atoms with Gasteiger partial charge in [0.05, 0.1) is 6.61 Å². The third-order valence-electron chi connectivity index (χ3n) is 2.79.